The molecule has 2 rings (SSSR count). The van der Waals surface area contributed by atoms with Crippen molar-refractivity contribution < 1.29 is 9.18 Å². The number of aromatic nitrogens is 1. The van der Waals surface area contributed by atoms with Crippen LogP contribution < -0.4 is 5.32 Å². The Balaban J connectivity index is 2.11. The molecule has 0 unspecified atom stereocenters. The first-order valence-electron chi connectivity index (χ1n) is 6.28. The molecule has 1 aromatic heterocycles. The van der Waals surface area contributed by atoms with Crippen LogP contribution in [0.25, 0.3) is 0 Å². The standard InChI is InChI=1S/C15H14ClFN2O/c1-2-10-5-3-4-6-11(10)8-19-15(20)13-7-12(17)9-18-14(13)16/h3-7,9H,2,8H2,1H3,(H,19,20). The maximum Gasteiger partial charge on any atom is 0.254 e. The van der Waals surface area contributed by atoms with Crippen LogP contribution in [0, 0.1) is 5.82 Å². The molecule has 0 aliphatic rings. The lowest BCUT2D eigenvalue weighted by atomic mass is 10.1. The van der Waals surface area contributed by atoms with Crippen LogP contribution in [0.15, 0.2) is 36.5 Å². The fourth-order valence-electron chi connectivity index (χ4n) is 1.93. The van der Waals surface area contributed by atoms with Gasteiger partial charge in [-0.3, -0.25) is 4.79 Å². The minimum absolute atomic E-state index is 0.00678. The van der Waals surface area contributed by atoms with E-state index in [4.69, 9.17) is 11.6 Å². The summed E-state index contributed by atoms with van der Waals surface area (Å²) in [6.45, 7) is 2.42. The predicted octanol–water partition coefficient (Wildman–Crippen LogP) is 3.37. The Morgan fingerprint density at radius 3 is 2.75 bits per heavy atom. The molecule has 20 heavy (non-hydrogen) atoms. The molecule has 0 saturated carbocycles. The average molecular weight is 293 g/mol. The number of rotatable bonds is 4. The highest BCUT2D eigenvalue weighted by atomic mass is 35.5. The van der Waals surface area contributed by atoms with Gasteiger partial charge in [0, 0.05) is 6.54 Å². The van der Waals surface area contributed by atoms with E-state index in [0.717, 1.165) is 29.8 Å². The number of pyridine rings is 1. The zero-order valence-electron chi connectivity index (χ0n) is 11.0. The molecular weight excluding hydrogens is 279 g/mol. The first kappa shape index (κ1) is 14.5. The van der Waals surface area contributed by atoms with Crippen molar-refractivity contribution in [3.05, 3.63) is 64.2 Å². The van der Waals surface area contributed by atoms with E-state index in [1.807, 2.05) is 31.2 Å². The van der Waals surface area contributed by atoms with Crippen LogP contribution in [-0.4, -0.2) is 10.9 Å². The molecule has 1 N–H and O–H groups in total. The topological polar surface area (TPSA) is 42.0 Å². The zero-order valence-corrected chi connectivity index (χ0v) is 11.7. The van der Waals surface area contributed by atoms with Gasteiger partial charge in [-0.05, 0) is 23.6 Å². The van der Waals surface area contributed by atoms with Crippen LogP contribution in [0.1, 0.15) is 28.4 Å². The molecule has 3 nitrogen and oxygen atoms in total. The van der Waals surface area contributed by atoms with Crippen molar-refractivity contribution in [2.45, 2.75) is 19.9 Å². The molecule has 0 aliphatic carbocycles. The summed E-state index contributed by atoms with van der Waals surface area (Å²) in [6, 6.07) is 8.91. The Morgan fingerprint density at radius 1 is 1.35 bits per heavy atom. The van der Waals surface area contributed by atoms with E-state index >= 15 is 0 Å². The van der Waals surface area contributed by atoms with Crippen LogP contribution in [0.5, 0.6) is 0 Å². The molecule has 0 radical (unpaired) electrons. The number of nitrogens with one attached hydrogen (secondary N) is 1. The van der Waals surface area contributed by atoms with E-state index in [1.54, 1.807) is 0 Å². The van der Waals surface area contributed by atoms with Gasteiger partial charge in [0.15, 0.2) is 0 Å². The zero-order chi connectivity index (χ0) is 14.5. The van der Waals surface area contributed by atoms with Gasteiger partial charge in [-0.1, -0.05) is 42.8 Å². The SMILES string of the molecule is CCc1ccccc1CNC(=O)c1cc(F)cnc1Cl. The molecular formula is C15H14ClFN2O. The first-order chi connectivity index (χ1) is 9.61. The molecule has 0 aliphatic heterocycles. The van der Waals surface area contributed by atoms with Crippen LogP contribution in [0.4, 0.5) is 4.39 Å². The van der Waals surface area contributed by atoms with Crippen molar-refractivity contribution in [3.63, 3.8) is 0 Å². The minimum atomic E-state index is -0.589. The lowest BCUT2D eigenvalue weighted by Crippen LogP contribution is -2.24. The van der Waals surface area contributed by atoms with Crippen LogP contribution >= 0.6 is 11.6 Å². The summed E-state index contributed by atoms with van der Waals surface area (Å²) in [6.07, 6.45) is 1.86. The van der Waals surface area contributed by atoms with Crippen LogP contribution in [-0.2, 0) is 13.0 Å². The first-order valence-corrected chi connectivity index (χ1v) is 6.65. The van der Waals surface area contributed by atoms with E-state index < -0.39 is 11.7 Å². The average Bonchev–Trinajstić information content (AvgIpc) is 2.47. The van der Waals surface area contributed by atoms with Crippen molar-refractivity contribution in [2.75, 3.05) is 0 Å². The van der Waals surface area contributed by atoms with Crippen molar-refractivity contribution in [1.82, 2.24) is 10.3 Å². The molecule has 1 amide bonds. The summed E-state index contributed by atoms with van der Waals surface area (Å²) in [5.41, 5.74) is 2.24. The van der Waals surface area contributed by atoms with E-state index in [1.165, 1.54) is 0 Å². The molecule has 0 spiro atoms. The number of nitrogens with zero attached hydrogens (tertiary/aromatic N) is 1. The monoisotopic (exact) mass is 292 g/mol. The highest BCUT2D eigenvalue weighted by Crippen LogP contribution is 2.14. The molecule has 0 saturated heterocycles. The minimum Gasteiger partial charge on any atom is -0.348 e. The maximum atomic E-state index is 13.1. The predicted molar refractivity (Wildman–Crippen MR) is 76.2 cm³/mol. The lowest BCUT2D eigenvalue weighted by molar-refractivity contribution is 0.0950. The number of hydrogen-bond acceptors (Lipinski definition) is 2. The Bertz CT molecular complexity index is 631. The number of aryl methyl sites for hydroxylation is 1. The lowest BCUT2D eigenvalue weighted by Gasteiger charge is -2.10. The van der Waals surface area contributed by atoms with Gasteiger partial charge in [-0.25, -0.2) is 9.37 Å². The molecule has 0 atom stereocenters. The van der Waals surface area contributed by atoms with E-state index in [0.29, 0.717) is 6.54 Å². The Labute approximate surface area is 121 Å². The highest BCUT2D eigenvalue weighted by molar-refractivity contribution is 6.32. The number of amides is 1. The fourth-order valence-corrected chi connectivity index (χ4v) is 2.12. The summed E-state index contributed by atoms with van der Waals surface area (Å²) in [5.74, 6) is -1.03. The summed E-state index contributed by atoms with van der Waals surface area (Å²) < 4.78 is 13.1. The molecule has 0 bridgehead atoms. The van der Waals surface area contributed by atoms with Crippen LogP contribution in [0.2, 0.25) is 5.15 Å². The summed E-state index contributed by atoms with van der Waals surface area (Å²) in [4.78, 5) is 15.6. The molecule has 1 aromatic carbocycles. The van der Waals surface area contributed by atoms with Gasteiger partial charge in [-0.15, -0.1) is 0 Å². The third kappa shape index (κ3) is 3.33. The van der Waals surface area contributed by atoms with Gasteiger partial charge in [0.2, 0.25) is 0 Å². The fraction of sp³-hybridized carbons (Fsp3) is 0.200. The van der Waals surface area contributed by atoms with Gasteiger partial charge >= 0.3 is 0 Å². The van der Waals surface area contributed by atoms with Crippen LogP contribution in [0.3, 0.4) is 0 Å². The highest BCUT2D eigenvalue weighted by Gasteiger charge is 2.12. The smallest absolute Gasteiger partial charge is 0.254 e. The van der Waals surface area contributed by atoms with E-state index in [2.05, 4.69) is 10.3 Å². The Hall–Kier alpha value is -1.94. The number of halogens is 2. The third-order valence-corrected chi connectivity index (χ3v) is 3.29. The third-order valence-electron chi connectivity index (χ3n) is 2.99. The number of hydrogen-bond donors (Lipinski definition) is 1. The quantitative estimate of drug-likeness (QED) is 0.878. The summed E-state index contributed by atoms with van der Waals surface area (Å²) in [5, 5.41) is 2.72. The second kappa shape index (κ2) is 6.48. The Morgan fingerprint density at radius 2 is 2.05 bits per heavy atom. The normalized spacial score (nSPS) is 10.3. The van der Waals surface area contributed by atoms with Crippen molar-refractivity contribution >= 4 is 17.5 Å². The van der Waals surface area contributed by atoms with E-state index in [9.17, 15) is 9.18 Å². The summed E-state index contributed by atoms with van der Waals surface area (Å²) in [7, 11) is 0. The molecule has 104 valence electrons. The second-order valence-corrected chi connectivity index (χ2v) is 4.65. The largest absolute Gasteiger partial charge is 0.348 e. The number of benzene rings is 1. The molecule has 0 fully saturated rings. The molecule has 5 heteroatoms. The number of carbonyl (C=O) groups is 1. The van der Waals surface area contributed by atoms with Gasteiger partial charge in [0.1, 0.15) is 11.0 Å². The van der Waals surface area contributed by atoms with E-state index in [-0.39, 0.29) is 10.7 Å². The Kier molecular flexibility index (Phi) is 4.69. The maximum absolute atomic E-state index is 13.1. The van der Waals surface area contributed by atoms with Gasteiger partial charge in [0.25, 0.3) is 5.91 Å². The van der Waals surface area contributed by atoms with Crippen molar-refractivity contribution in [3.8, 4) is 0 Å². The summed E-state index contributed by atoms with van der Waals surface area (Å²) >= 11 is 5.79. The van der Waals surface area contributed by atoms with Crippen molar-refractivity contribution in [2.24, 2.45) is 0 Å². The molecule has 2 aromatic rings. The second-order valence-electron chi connectivity index (χ2n) is 4.30. The van der Waals surface area contributed by atoms with Gasteiger partial charge in [0.05, 0.1) is 11.8 Å². The van der Waals surface area contributed by atoms with Gasteiger partial charge in [-0.2, -0.15) is 0 Å². The van der Waals surface area contributed by atoms with Gasteiger partial charge < -0.3 is 5.32 Å². The van der Waals surface area contributed by atoms with Crippen molar-refractivity contribution in [1.29, 1.82) is 0 Å². The number of carbonyl (C=O) groups excluding carboxylic acids is 1. The molecule has 1 heterocycles.